The number of nitro benzene ring substituents is 1. The predicted molar refractivity (Wildman–Crippen MR) is 61.5 cm³/mol. The highest BCUT2D eigenvalue weighted by Gasteiger charge is 2.17. The van der Waals surface area contributed by atoms with Gasteiger partial charge in [-0.2, -0.15) is 5.10 Å². The fraction of sp³-hybridized carbons (Fsp3) is 0.182. The molecule has 0 atom stereocenters. The molecule has 1 heterocycles. The van der Waals surface area contributed by atoms with Gasteiger partial charge in [0, 0.05) is 6.20 Å². The molecule has 1 aromatic heterocycles. The number of ether oxygens (including phenoxy) is 1. The van der Waals surface area contributed by atoms with E-state index in [9.17, 15) is 10.1 Å². The Hall–Kier alpha value is -2.37. The summed E-state index contributed by atoms with van der Waals surface area (Å²) >= 11 is 0. The van der Waals surface area contributed by atoms with E-state index in [1.807, 2.05) is 6.92 Å². The van der Waals surface area contributed by atoms with Gasteiger partial charge in [-0.3, -0.25) is 10.1 Å². The minimum absolute atomic E-state index is 0.0348. The standard InChI is InChI=1S/C11H11N3O3/c1-8-5-6-13(12-8)10-4-3-9(17-2)7-11(10)14(15)16/h3-7H,1-2H3. The number of aromatic nitrogens is 2. The van der Waals surface area contributed by atoms with Crippen molar-refractivity contribution in [2.45, 2.75) is 6.92 Å². The molecule has 0 saturated carbocycles. The number of nitro groups is 1. The number of hydrogen-bond acceptors (Lipinski definition) is 4. The zero-order valence-corrected chi connectivity index (χ0v) is 9.45. The smallest absolute Gasteiger partial charge is 0.298 e. The fourth-order valence-corrected chi connectivity index (χ4v) is 1.52. The first-order chi connectivity index (χ1) is 8.11. The summed E-state index contributed by atoms with van der Waals surface area (Å²) < 4.78 is 6.45. The van der Waals surface area contributed by atoms with Gasteiger partial charge in [-0.25, -0.2) is 4.68 Å². The first kappa shape index (κ1) is 11.1. The van der Waals surface area contributed by atoms with Crippen LogP contribution in [0.5, 0.6) is 5.75 Å². The number of rotatable bonds is 3. The number of aryl methyl sites for hydroxylation is 1. The van der Waals surface area contributed by atoms with Crippen molar-refractivity contribution in [2.24, 2.45) is 0 Å². The average Bonchev–Trinajstić information content (AvgIpc) is 2.75. The molecule has 88 valence electrons. The minimum atomic E-state index is -0.450. The molecule has 0 radical (unpaired) electrons. The molecule has 1 aromatic carbocycles. The third-order valence-corrected chi connectivity index (χ3v) is 2.35. The summed E-state index contributed by atoms with van der Waals surface area (Å²) in [6.45, 7) is 1.83. The van der Waals surface area contributed by atoms with Crippen molar-refractivity contribution in [3.63, 3.8) is 0 Å². The lowest BCUT2D eigenvalue weighted by atomic mass is 10.2. The van der Waals surface area contributed by atoms with Crippen LogP contribution in [0.1, 0.15) is 5.69 Å². The van der Waals surface area contributed by atoms with Gasteiger partial charge in [-0.05, 0) is 25.1 Å². The molecule has 17 heavy (non-hydrogen) atoms. The van der Waals surface area contributed by atoms with E-state index in [0.29, 0.717) is 11.4 Å². The maximum atomic E-state index is 11.0. The first-order valence-corrected chi connectivity index (χ1v) is 4.97. The van der Waals surface area contributed by atoms with E-state index in [4.69, 9.17) is 4.74 Å². The molecule has 0 saturated heterocycles. The Morgan fingerprint density at radius 1 is 1.41 bits per heavy atom. The van der Waals surface area contributed by atoms with Gasteiger partial charge >= 0.3 is 0 Å². The Kier molecular flexibility index (Phi) is 2.78. The Labute approximate surface area is 97.6 Å². The Morgan fingerprint density at radius 3 is 2.71 bits per heavy atom. The Morgan fingerprint density at radius 2 is 2.18 bits per heavy atom. The molecule has 2 rings (SSSR count). The third-order valence-electron chi connectivity index (χ3n) is 2.35. The van der Waals surface area contributed by atoms with Gasteiger partial charge in [0.25, 0.3) is 5.69 Å². The maximum Gasteiger partial charge on any atom is 0.298 e. The van der Waals surface area contributed by atoms with E-state index in [1.54, 1.807) is 24.4 Å². The summed E-state index contributed by atoms with van der Waals surface area (Å²) in [7, 11) is 1.47. The van der Waals surface area contributed by atoms with Crippen LogP contribution >= 0.6 is 0 Å². The highest BCUT2D eigenvalue weighted by atomic mass is 16.6. The second-order valence-electron chi connectivity index (χ2n) is 3.51. The first-order valence-electron chi connectivity index (χ1n) is 4.97. The van der Waals surface area contributed by atoms with Crippen molar-refractivity contribution in [2.75, 3.05) is 7.11 Å². The van der Waals surface area contributed by atoms with Crippen LogP contribution in [-0.2, 0) is 0 Å². The van der Waals surface area contributed by atoms with Crippen LogP contribution in [0.25, 0.3) is 5.69 Å². The van der Waals surface area contributed by atoms with Crippen molar-refractivity contribution in [3.8, 4) is 11.4 Å². The highest BCUT2D eigenvalue weighted by Crippen LogP contribution is 2.27. The van der Waals surface area contributed by atoms with E-state index in [2.05, 4.69) is 5.10 Å². The Balaban J connectivity index is 2.57. The SMILES string of the molecule is COc1ccc(-n2ccc(C)n2)c([N+](=O)[O-])c1. The molecular formula is C11H11N3O3. The second kappa shape index (κ2) is 4.25. The molecule has 0 aliphatic carbocycles. The van der Waals surface area contributed by atoms with Gasteiger partial charge in [-0.1, -0.05) is 0 Å². The summed E-state index contributed by atoms with van der Waals surface area (Å²) in [6, 6.07) is 6.45. The largest absolute Gasteiger partial charge is 0.496 e. The summed E-state index contributed by atoms with van der Waals surface area (Å²) in [5, 5.41) is 15.1. The van der Waals surface area contributed by atoms with Crippen LogP contribution in [0.3, 0.4) is 0 Å². The lowest BCUT2D eigenvalue weighted by molar-refractivity contribution is -0.384. The van der Waals surface area contributed by atoms with Gasteiger partial charge in [0.2, 0.25) is 0 Å². The van der Waals surface area contributed by atoms with Crippen molar-refractivity contribution in [1.82, 2.24) is 9.78 Å². The lowest BCUT2D eigenvalue weighted by Crippen LogP contribution is -2.01. The molecule has 0 amide bonds. The number of methoxy groups -OCH3 is 1. The van der Waals surface area contributed by atoms with Gasteiger partial charge in [0.15, 0.2) is 0 Å². The molecule has 0 fully saturated rings. The molecule has 0 spiro atoms. The predicted octanol–water partition coefficient (Wildman–Crippen LogP) is 2.10. The van der Waals surface area contributed by atoms with Crippen molar-refractivity contribution < 1.29 is 9.66 Å². The molecule has 6 heteroatoms. The molecule has 0 aliphatic rings. The monoisotopic (exact) mass is 233 g/mol. The highest BCUT2D eigenvalue weighted by molar-refractivity contribution is 5.55. The topological polar surface area (TPSA) is 70.2 Å². The molecule has 2 aromatic rings. The van der Waals surface area contributed by atoms with Crippen LogP contribution in [0.4, 0.5) is 5.69 Å². The van der Waals surface area contributed by atoms with Crippen LogP contribution in [0.15, 0.2) is 30.5 Å². The summed E-state index contributed by atoms with van der Waals surface area (Å²) in [4.78, 5) is 10.5. The molecule has 0 unspecified atom stereocenters. The zero-order chi connectivity index (χ0) is 12.4. The molecular weight excluding hydrogens is 222 g/mol. The van der Waals surface area contributed by atoms with Gasteiger partial charge < -0.3 is 4.74 Å². The van der Waals surface area contributed by atoms with Crippen molar-refractivity contribution >= 4 is 5.69 Å². The minimum Gasteiger partial charge on any atom is -0.496 e. The lowest BCUT2D eigenvalue weighted by Gasteiger charge is -2.05. The summed E-state index contributed by atoms with van der Waals surface area (Å²) in [5.74, 6) is 0.448. The van der Waals surface area contributed by atoms with Gasteiger partial charge in [0.05, 0.1) is 23.8 Å². The third kappa shape index (κ3) is 2.10. The fourth-order valence-electron chi connectivity index (χ4n) is 1.52. The van der Waals surface area contributed by atoms with Crippen LogP contribution in [0, 0.1) is 17.0 Å². The zero-order valence-electron chi connectivity index (χ0n) is 9.45. The molecule has 0 bridgehead atoms. The van der Waals surface area contributed by atoms with Gasteiger partial charge in [-0.15, -0.1) is 0 Å². The summed E-state index contributed by atoms with van der Waals surface area (Å²) in [6.07, 6.45) is 1.68. The molecule has 6 nitrogen and oxygen atoms in total. The van der Waals surface area contributed by atoms with Crippen molar-refractivity contribution in [3.05, 3.63) is 46.3 Å². The van der Waals surface area contributed by atoms with Crippen molar-refractivity contribution in [1.29, 1.82) is 0 Å². The summed E-state index contributed by atoms with van der Waals surface area (Å²) in [5.41, 5.74) is 1.19. The molecule has 0 N–H and O–H groups in total. The number of hydrogen-bond donors (Lipinski definition) is 0. The van der Waals surface area contributed by atoms with E-state index in [1.165, 1.54) is 17.9 Å². The second-order valence-corrected chi connectivity index (χ2v) is 3.51. The molecule has 0 aliphatic heterocycles. The van der Waals surface area contributed by atoms with E-state index < -0.39 is 4.92 Å². The van der Waals surface area contributed by atoms with E-state index in [0.717, 1.165) is 5.69 Å². The number of nitrogens with zero attached hydrogens (tertiary/aromatic N) is 3. The number of benzene rings is 1. The van der Waals surface area contributed by atoms with Crippen LogP contribution < -0.4 is 4.74 Å². The Bertz CT molecular complexity index is 563. The normalized spacial score (nSPS) is 10.2. The van der Waals surface area contributed by atoms with Gasteiger partial charge in [0.1, 0.15) is 11.4 Å². The quantitative estimate of drug-likeness (QED) is 0.601. The van der Waals surface area contributed by atoms with Crippen LogP contribution in [0.2, 0.25) is 0 Å². The van der Waals surface area contributed by atoms with E-state index >= 15 is 0 Å². The van der Waals surface area contributed by atoms with E-state index in [-0.39, 0.29) is 5.69 Å². The van der Waals surface area contributed by atoms with Crippen LogP contribution in [-0.4, -0.2) is 21.8 Å². The average molecular weight is 233 g/mol. The maximum absolute atomic E-state index is 11.0.